The van der Waals surface area contributed by atoms with Crippen molar-refractivity contribution in [1.29, 1.82) is 0 Å². The maximum atomic E-state index is 6.09. The molecule has 2 nitrogen and oxygen atoms in total. The first-order chi connectivity index (χ1) is 8.78. The number of fused-ring (bicyclic) bond motifs is 1. The van der Waals surface area contributed by atoms with Crippen molar-refractivity contribution in [3.63, 3.8) is 0 Å². The molecule has 2 aliphatic rings. The van der Waals surface area contributed by atoms with Gasteiger partial charge in [0.1, 0.15) is 0 Å². The molecule has 0 amide bonds. The second kappa shape index (κ2) is 3.97. The number of allylic oxidation sites excluding steroid dienone is 1. The van der Waals surface area contributed by atoms with Crippen molar-refractivity contribution in [3.05, 3.63) is 34.9 Å². The average molecular weight is 256 g/mol. The summed E-state index contributed by atoms with van der Waals surface area (Å²) in [4.78, 5) is 0. The molecule has 19 heavy (non-hydrogen) atoms. The topological polar surface area (TPSA) is 18.5 Å². The van der Waals surface area contributed by atoms with Crippen molar-refractivity contribution in [2.24, 2.45) is 0 Å². The van der Waals surface area contributed by atoms with Gasteiger partial charge >= 0.3 is 7.12 Å². The Balaban J connectivity index is 1.91. The molecule has 0 spiro atoms. The Hall–Kier alpha value is -1.06. The lowest BCUT2D eigenvalue weighted by atomic mass is 9.78. The quantitative estimate of drug-likeness (QED) is 0.719. The predicted molar refractivity (Wildman–Crippen MR) is 79.5 cm³/mol. The molecular weight excluding hydrogens is 235 g/mol. The van der Waals surface area contributed by atoms with E-state index in [9.17, 15) is 0 Å². The molecule has 3 heteroatoms. The lowest BCUT2D eigenvalue weighted by Crippen LogP contribution is -2.41. The van der Waals surface area contributed by atoms with Crippen molar-refractivity contribution in [3.8, 4) is 0 Å². The van der Waals surface area contributed by atoms with Crippen LogP contribution in [0.25, 0.3) is 6.08 Å². The van der Waals surface area contributed by atoms with E-state index < -0.39 is 0 Å². The highest BCUT2D eigenvalue weighted by atomic mass is 16.7. The number of hydrogen-bond donors (Lipinski definition) is 0. The third-order valence-corrected chi connectivity index (χ3v) is 4.57. The van der Waals surface area contributed by atoms with E-state index >= 15 is 0 Å². The molecule has 1 heterocycles. The highest BCUT2D eigenvalue weighted by Crippen LogP contribution is 2.36. The molecule has 0 bridgehead atoms. The van der Waals surface area contributed by atoms with Crippen LogP contribution in [-0.2, 0) is 15.7 Å². The maximum absolute atomic E-state index is 6.09. The van der Waals surface area contributed by atoms with Crippen LogP contribution in [0.2, 0.25) is 0 Å². The summed E-state index contributed by atoms with van der Waals surface area (Å²) >= 11 is 0. The largest absolute Gasteiger partial charge is 0.494 e. The summed E-state index contributed by atoms with van der Waals surface area (Å²) < 4.78 is 12.2. The molecule has 0 N–H and O–H groups in total. The fourth-order valence-corrected chi connectivity index (χ4v) is 2.65. The fourth-order valence-electron chi connectivity index (χ4n) is 2.65. The zero-order valence-corrected chi connectivity index (χ0v) is 12.4. The van der Waals surface area contributed by atoms with Crippen LogP contribution in [0, 0.1) is 0 Å². The minimum Gasteiger partial charge on any atom is -0.399 e. The predicted octanol–water partition coefficient (Wildman–Crippen LogP) is 2.95. The maximum Gasteiger partial charge on any atom is 0.494 e. The van der Waals surface area contributed by atoms with E-state index in [0.717, 1.165) is 11.9 Å². The third kappa shape index (κ3) is 2.05. The lowest BCUT2D eigenvalue weighted by Gasteiger charge is -2.32. The van der Waals surface area contributed by atoms with Gasteiger partial charge in [0.15, 0.2) is 0 Å². The van der Waals surface area contributed by atoms with Gasteiger partial charge in [0.2, 0.25) is 0 Å². The zero-order chi connectivity index (χ0) is 13.8. The van der Waals surface area contributed by atoms with Gasteiger partial charge in [-0.25, -0.2) is 0 Å². The molecule has 1 saturated heterocycles. The van der Waals surface area contributed by atoms with E-state index in [1.165, 1.54) is 16.7 Å². The Labute approximate surface area is 115 Å². The van der Waals surface area contributed by atoms with Crippen LogP contribution in [0.1, 0.15) is 45.7 Å². The van der Waals surface area contributed by atoms with Gasteiger partial charge < -0.3 is 9.31 Å². The van der Waals surface area contributed by atoms with Crippen LogP contribution < -0.4 is 5.46 Å². The van der Waals surface area contributed by atoms with Crippen LogP contribution in [0.15, 0.2) is 23.8 Å². The third-order valence-electron chi connectivity index (χ3n) is 4.57. The molecule has 0 unspecified atom stereocenters. The highest BCUT2D eigenvalue weighted by molar-refractivity contribution is 6.62. The van der Waals surface area contributed by atoms with E-state index in [2.05, 4.69) is 58.9 Å². The van der Waals surface area contributed by atoms with E-state index in [-0.39, 0.29) is 18.3 Å². The molecular formula is C16H21BO2. The van der Waals surface area contributed by atoms with E-state index in [0.29, 0.717) is 0 Å². The Morgan fingerprint density at radius 2 is 1.68 bits per heavy atom. The molecule has 0 aromatic heterocycles. The van der Waals surface area contributed by atoms with Crippen LogP contribution >= 0.6 is 0 Å². The average Bonchev–Trinajstić information content (AvgIpc) is 2.74. The van der Waals surface area contributed by atoms with Crippen molar-refractivity contribution >= 4 is 18.7 Å². The summed E-state index contributed by atoms with van der Waals surface area (Å²) in [5.74, 6) is 0. The second-order valence-electron chi connectivity index (χ2n) is 6.71. The Morgan fingerprint density at radius 1 is 1.05 bits per heavy atom. The monoisotopic (exact) mass is 256 g/mol. The highest BCUT2D eigenvalue weighted by Gasteiger charge is 2.51. The van der Waals surface area contributed by atoms with Gasteiger partial charge in [-0.3, -0.25) is 0 Å². The minimum atomic E-state index is -0.275. The first-order valence-electron chi connectivity index (χ1n) is 6.94. The van der Waals surface area contributed by atoms with Gasteiger partial charge in [-0.1, -0.05) is 29.8 Å². The first-order valence-corrected chi connectivity index (χ1v) is 6.94. The van der Waals surface area contributed by atoms with Crippen LogP contribution in [0.5, 0.6) is 0 Å². The van der Waals surface area contributed by atoms with Crippen molar-refractivity contribution in [2.75, 3.05) is 0 Å². The molecule has 1 aliphatic heterocycles. The summed E-state index contributed by atoms with van der Waals surface area (Å²) in [5, 5.41) is 0. The summed E-state index contributed by atoms with van der Waals surface area (Å²) in [7, 11) is -0.260. The Kier molecular flexibility index (Phi) is 2.71. The number of rotatable bonds is 1. The van der Waals surface area contributed by atoms with Gasteiger partial charge in [0, 0.05) is 0 Å². The van der Waals surface area contributed by atoms with Gasteiger partial charge in [0.05, 0.1) is 11.2 Å². The van der Waals surface area contributed by atoms with Crippen molar-refractivity contribution < 1.29 is 9.31 Å². The molecule has 1 aromatic carbocycles. The summed E-state index contributed by atoms with van der Waals surface area (Å²) in [6, 6.07) is 6.53. The van der Waals surface area contributed by atoms with Gasteiger partial charge in [-0.05, 0) is 57.6 Å². The molecule has 0 atom stereocenters. The smallest absolute Gasteiger partial charge is 0.399 e. The summed E-state index contributed by atoms with van der Waals surface area (Å²) in [5.41, 5.74) is 4.69. The van der Waals surface area contributed by atoms with Crippen LogP contribution in [0.3, 0.4) is 0 Å². The molecule has 1 aromatic rings. The van der Waals surface area contributed by atoms with Crippen molar-refractivity contribution in [2.45, 2.75) is 52.2 Å². The molecule has 0 saturated carbocycles. The lowest BCUT2D eigenvalue weighted by molar-refractivity contribution is 0.00578. The number of benzene rings is 1. The standard InChI is InChI=1S/C16H21BO2/c1-11-8-12-6-7-14(10-13(12)9-11)17-18-15(2,3)16(4,5)19-17/h6-7,9-10H,8H2,1-5H3. The fraction of sp³-hybridized carbons (Fsp3) is 0.500. The van der Waals surface area contributed by atoms with Crippen LogP contribution in [0.4, 0.5) is 0 Å². The van der Waals surface area contributed by atoms with Gasteiger partial charge in [-0.15, -0.1) is 0 Å². The molecule has 1 fully saturated rings. The van der Waals surface area contributed by atoms with Crippen molar-refractivity contribution in [1.82, 2.24) is 0 Å². The van der Waals surface area contributed by atoms with E-state index in [1.807, 2.05) is 0 Å². The summed E-state index contributed by atoms with van der Waals surface area (Å²) in [6.07, 6.45) is 3.32. The first kappa shape index (κ1) is 13.0. The molecule has 3 rings (SSSR count). The van der Waals surface area contributed by atoms with Crippen LogP contribution in [-0.4, -0.2) is 18.3 Å². The Bertz CT molecular complexity index is 542. The SMILES string of the molecule is CC1=Cc2cc(B3OC(C)(C)C(C)(C)O3)ccc2C1. The molecule has 1 aliphatic carbocycles. The zero-order valence-electron chi connectivity index (χ0n) is 12.4. The van der Waals surface area contributed by atoms with E-state index in [4.69, 9.17) is 9.31 Å². The molecule has 100 valence electrons. The second-order valence-corrected chi connectivity index (χ2v) is 6.71. The Morgan fingerprint density at radius 3 is 2.32 bits per heavy atom. The van der Waals surface area contributed by atoms with Gasteiger partial charge in [-0.2, -0.15) is 0 Å². The summed E-state index contributed by atoms with van der Waals surface area (Å²) in [6.45, 7) is 10.5. The molecule has 0 radical (unpaired) electrons. The number of hydrogen-bond acceptors (Lipinski definition) is 2. The minimum absolute atomic E-state index is 0.260. The van der Waals surface area contributed by atoms with E-state index in [1.54, 1.807) is 0 Å². The normalized spacial score (nSPS) is 23.4. The van der Waals surface area contributed by atoms with Gasteiger partial charge in [0.25, 0.3) is 0 Å².